The van der Waals surface area contributed by atoms with E-state index in [2.05, 4.69) is 15.6 Å². The van der Waals surface area contributed by atoms with E-state index in [1.165, 1.54) is 6.20 Å². The van der Waals surface area contributed by atoms with Crippen LogP contribution in [0, 0.1) is 17.5 Å². The van der Waals surface area contributed by atoms with E-state index >= 15 is 0 Å². The van der Waals surface area contributed by atoms with Crippen LogP contribution in [-0.4, -0.2) is 79.6 Å². The molecule has 3 aromatic carbocycles. The molecule has 1 aromatic heterocycles. The number of aliphatic hydroxyl groups excluding tert-OH is 3. The van der Waals surface area contributed by atoms with Gasteiger partial charge in [-0.2, -0.15) is 0 Å². The van der Waals surface area contributed by atoms with Gasteiger partial charge in [0.05, 0.1) is 25.5 Å². The molecule has 14 heteroatoms. The lowest BCUT2D eigenvalue weighted by Crippen LogP contribution is -2.69. The maximum absolute atomic E-state index is 13.8. The molecular weight excluding hydrogens is 581 g/mol. The Hall–Kier alpha value is -3.59. The maximum Gasteiger partial charge on any atom is 0.252 e. The molecule has 3 heterocycles. The van der Waals surface area contributed by atoms with Crippen molar-refractivity contribution in [2.75, 3.05) is 13.2 Å². The van der Waals surface area contributed by atoms with Gasteiger partial charge >= 0.3 is 0 Å². The number of nitrogens with one attached hydrogen (secondary N) is 1. The predicted octanol–water partition coefficient (Wildman–Crippen LogP) is 2.74. The van der Waals surface area contributed by atoms with Crippen molar-refractivity contribution in [2.24, 2.45) is 0 Å². The number of fused-ring (bicyclic) bond motifs is 1. The Morgan fingerprint density at radius 2 is 1.83 bits per heavy atom. The van der Waals surface area contributed by atoms with Crippen molar-refractivity contribution in [3.8, 4) is 11.3 Å². The summed E-state index contributed by atoms with van der Waals surface area (Å²) in [6.45, 7) is -0.630. The van der Waals surface area contributed by atoms with Crippen molar-refractivity contribution >= 4 is 28.3 Å². The molecule has 1 amide bonds. The highest BCUT2D eigenvalue weighted by Gasteiger charge is 2.62. The van der Waals surface area contributed by atoms with Crippen LogP contribution in [0.15, 0.2) is 54.7 Å². The number of amides is 1. The maximum atomic E-state index is 13.8. The number of benzene rings is 3. The van der Waals surface area contributed by atoms with E-state index in [0.717, 1.165) is 16.8 Å². The van der Waals surface area contributed by atoms with Crippen LogP contribution in [0.5, 0.6) is 0 Å². The van der Waals surface area contributed by atoms with Crippen molar-refractivity contribution in [1.82, 2.24) is 20.3 Å². The third-order valence-electron chi connectivity index (χ3n) is 7.72. The fraction of sp³-hybridized carbons (Fsp3) is 0.321. The number of nitrogens with zero attached hydrogens (tertiary/aromatic N) is 3. The summed E-state index contributed by atoms with van der Waals surface area (Å²) in [4.78, 5) is 13.5. The summed E-state index contributed by atoms with van der Waals surface area (Å²) in [5, 5.41) is 45.0. The summed E-state index contributed by atoms with van der Waals surface area (Å²) < 4.78 is 54.0. The molecule has 6 rings (SSSR count). The average Bonchev–Trinajstić information content (AvgIpc) is 3.62. The monoisotopic (exact) mass is 604 g/mol. The Morgan fingerprint density at radius 1 is 1.12 bits per heavy atom. The van der Waals surface area contributed by atoms with Gasteiger partial charge in [-0.05, 0) is 36.1 Å². The second kappa shape index (κ2) is 10.9. The Kier molecular flexibility index (Phi) is 7.41. The summed E-state index contributed by atoms with van der Waals surface area (Å²) >= 11 is 6.30. The minimum absolute atomic E-state index is 0.0566. The molecule has 0 radical (unpaired) electrons. The third-order valence-corrected chi connectivity index (χ3v) is 8.05. The van der Waals surface area contributed by atoms with Crippen molar-refractivity contribution < 1.29 is 42.8 Å². The van der Waals surface area contributed by atoms with E-state index in [-0.39, 0.29) is 24.3 Å². The molecule has 0 aliphatic carbocycles. The topological polar surface area (TPSA) is 139 Å². The van der Waals surface area contributed by atoms with Crippen molar-refractivity contribution in [3.63, 3.8) is 0 Å². The number of hydrogen-bond donors (Lipinski definition) is 4. The van der Waals surface area contributed by atoms with Gasteiger partial charge in [0.25, 0.3) is 5.91 Å². The number of carbonyl (C=O) groups excluding carboxylic acids is 1. The molecule has 6 atom stereocenters. The summed E-state index contributed by atoms with van der Waals surface area (Å²) in [6, 6.07) is 9.43. The molecular formula is C28H24ClF3N4O6. The lowest BCUT2D eigenvalue weighted by molar-refractivity contribution is -0.344. The number of rotatable bonds is 5. The van der Waals surface area contributed by atoms with Gasteiger partial charge in [0.15, 0.2) is 17.5 Å². The van der Waals surface area contributed by atoms with E-state index in [9.17, 15) is 33.3 Å². The first-order valence-electron chi connectivity index (χ1n) is 13.0. The molecule has 4 aromatic rings. The molecule has 2 fully saturated rings. The Labute approximate surface area is 241 Å². The molecule has 0 saturated carbocycles. The number of ether oxygens (including phenoxy) is 2. The number of aliphatic hydroxyl groups is 3. The Balaban J connectivity index is 1.33. The number of halogens is 4. The van der Waals surface area contributed by atoms with Crippen LogP contribution in [0.4, 0.5) is 13.2 Å². The quantitative estimate of drug-likeness (QED) is 0.255. The highest BCUT2D eigenvalue weighted by atomic mass is 35.5. The molecule has 10 nitrogen and oxygen atoms in total. The molecule has 1 spiro atoms. The Morgan fingerprint density at radius 3 is 2.55 bits per heavy atom. The first-order valence-corrected chi connectivity index (χ1v) is 13.4. The van der Waals surface area contributed by atoms with E-state index in [1.807, 2.05) is 0 Å². The van der Waals surface area contributed by atoms with Crippen LogP contribution < -0.4 is 5.32 Å². The molecule has 2 saturated heterocycles. The molecule has 0 unspecified atom stereocenters. The van der Waals surface area contributed by atoms with Gasteiger partial charge in [-0.3, -0.25) is 4.79 Å². The third kappa shape index (κ3) is 4.62. The van der Waals surface area contributed by atoms with Gasteiger partial charge in [0.1, 0.15) is 30.0 Å². The zero-order valence-corrected chi connectivity index (χ0v) is 22.4. The summed E-state index contributed by atoms with van der Waals surface area (Å²) in [5.41, 5.74) is 0.0944. The molecule has 0 bridgehead atoms. The summed E-state index contributed by atoms with van der Waals surface area (Å²) in [7, 11) is 0. The smallest absolute Gasteiger partial charge is 0.252 e. The van der Waals surface area contributed by atoms with E-state index in [1.54, 1.807) is 36.4 Å². The van der Waals surface area contributed by atoms with Crippen molar-refractivity contribution in [3.05, 3.63) is 82.8 Å². The van der Waals surface area contributed by atoms with Gasteiger partial charge in [-0.25, -0.2) is 17.9 Å². The molecule has 220 valence electrons. The highest BCUT2D eigenvalue weighted by molar-refractivity contribution is 6.36. The van der Waals surface area contributed by atoms with E-state index in [0.29, 0.717) is 21.4 Å². The second-order valence-corrected chi connectivity index (χ2v) is 10.5. The largest absolute Gasteiger partial charge is 0.394 e. The van der Waals surface area contributed by atoms with Crippen molar-refractivity contribution in [1.29, 1.82) is 0 Å². The number of aromatic nitrogens is 3. The fourth-order valence-corrected chi connectivity index (χ4v) is 5.87. The standard InChI is InChI=1S/C28H24ClF3N4O6/c29-17-6-5-16(14-3-1-2-4-15(14)17)27(40)33-22-7-8-41-28(22)26(39)24(25(38)21(12-37)42-28)36-11-20(34-35-36)13-9-18(30)23(32)19(31)10-13/h1-6,9-11,21-22,24-26,37-39H,7-8,12H2,(H,33,40)/t21-,22-,24+,25+,26-,28+/m1/s1. The van der Waals surface area contributed by atoms with Gasteiger partial charge in [0, 0.05) is 21.5 Å². The highest BCUT2D eigenvalue weighted by Crippen LogP contribution is 2.43. The van der Waals surface area contributed by atoms with Crippen LogP contribution in [-0.2, 0) is 9.47 Å². The van der Waals surface area contributed by atoms with Gasteiger partial charge in [-0.1, -0.05) is 41.1 Å². The average molecular weight is 605 g/mol. The van der Waals surface area contributed by atoms with Gasteiger partial charge < -0.3 is 30.1 Å². The molecule has 42 heavy (non-hydrogen) atoms. The van der Waals surface area contributed by atoms with Crippen LogP contribution in [0.2, 0.25) is 5.02 Å². The Bertz CT molecular complexity index is 1650. The minimum Gasteiger partial charge on any atom is -0.394 e. The SMILES string of the molecule is O=C(N[C@@H]1CCO[C@]12O[C@H](CO)[C@H](O)[C@H](n1cc(-c3cc(F)c(F)c(F)c3)nn1)[C@H]2O)c1ccc(Cl)c2ccccc12. The zero-order chi connectivity index (χ0) is 29.8. The summed E-state index contributed by atoms with van der Waals surface area (Å²) in [5.74, 6) is -6.93. The zero-order valence-electron chi connectivity index (χ0n) is 21.6. The van der Waals surface area contributed by atoms with E-state index in [4.69, 9.17) is 21.1 Å². The lowest BCUT2D eigenvalue weighted by Gasteiger charge is -2.49. The fourth-order valence-electron chi connectivity index (χ4n) is 5.64. The van der Waals surface area contributed by atoms with Crippen LogP contribution in [0.25, 0.3) is 22.0 Å². The molecule has 2 aliphatic rings. The van der Waals surface area contributed by atoms with Gasteiger partial charge in [0.2, 0.25) is 5.79 Å². The van der Waals surface area contributed by atoms with Crippen molar-refractivity contribution in [2.45, 2.75) is 42.6 Å². The number of hydrogen-bond acceptors (Lipinski definition) is 8. The normalized spacial score (nSPS) is 27.5. The lowest BCUT2D eigenvalue weighted by atomic mass is 9.86. The van der Waals surface area contributed by atoms with Gasteiger partial charge in [-0.15, -0.1) is 5.10 Å². The first kappa shape index (κ1) is 28.5. The molecule has 4 N–H and O–H groups in total. The minimum atomic E-state index is -1.92. The summed E-state index contributed by atoms with van der Waals surface area (Å²) in [6.07, 6.45) is -3.11. The predicted molar refractivity (Wildman–Crippen MR) is 142 cm³/mol. The second-order valence-electron chi connectivity index (χ2n) is 10.1. The number of carbonyl (C=O) groups is 1. The molecule has 2 aliphatic heterocycles. The van der Waals surface area contributed by atoms with E-state index < -0.39 is 66.1 Å². The first-order chi connectivity index (χ1) is 20.1. The van der Waals surface area contributed by atoms with Crippen LogP contribution in [0.1, 0.15) is 22.8 Å². The van der Waals surface area contributed by atoms with Crippen LogP contribution in [0.3, 0.4) is 0 Å². The van der Waals surface area contributed by atoms with Crippen LogP contribution >= 0.6 is 11.6 Å².